The van der Waals surface area contributed by atoms with Crippen LogP contribution in [0.2, 0.25) is 5.02 Å². The number of hydrogen-bond acceptors (Lipinski definition) is 3. The second-order valence-electron chi connectivity index (χ2n) is 7.55. The molecule has 0 aliphatic carbocycles. The summed E-state index contributed by atoms with van der Waals surface area (Å²) in [5.41, 5.74) is 0.820. The average Bonchev–Trinajstić information content (AvgIpc) is 3.02. The first-order chi connectivity index (χ1) is 15.6. The molecule has 6 nitrogen and oxygen atoms in total. The maximum absolute atomic E-state index is 13.4. The molecule has 1 N–H and O–H groups in total. The summed E-state index contributed by atoms with van der Waals surface area (Å²) in [5, 5.41) is 2.46. The van der Waals surface area contributed by atoms with E-state index in [-0.39, 0.29) is 16.1 Å². The van der Waals surface area contributed by atoms with Gasteiger partial charge in [0.15, 0.2) is 5.65 Å². The number of aryl methyl sites for hydroxylation is 2. The Morgan fingerprint density at radius 1 is 1.09 bits per heavy atom. The van der Waals surface area contributed by atoms with Crippen LogP contribution in [-0.2, 0) is 17.5 Å². The molecule has 0 fully saturated rings. The number of pyridine rings is 1. The lowest BCUT2D eigenvalue weighted by Gasteiger charge is -2.16. The van der Waals surface area contributed by atoms with Crippen molar-refractivity contribution in [1.29, 1.82) is 0 Å². The smallest absolute Gasteiger partial charge is 0.324 e. The van der Waals surface area contributed by atoms with Crippen LogP contribution < -0.4 is 10.9 Å². The number of aromatic nitrogens is 3. The van der Waals surface area contributed by atoms with Crippen LogP contribution in [0.4, 0.5) is 18.9 Å². The van der Waals surface area contributed by atoms with E-state index in [2.05, 4.69) is 10.3 Å². The minimum atomic E-state index is -4.71. The van der Waals surface area contributed by atoms with Crippen molar-refractivity contribution in [3.63, 3.8) is 0 Å². The van der Waals surface area contributed by atoms with Gasteiger partial charge in [-0.15, -0.1) is 0 Å². The Labute approximate surface area is 191 Å². The van der Waals surface area contributed by atoms with Gasteiger partial charge in [0.25, 0.3) is 5.56 Å². The predicted molar refractivity (Wildman–Crippen MR) is 120 cm³/mol. The number of amides is 1. The Bertz CT molecular complexity index is 1440. The summed E-state index contributed by atoms with van der Waals surface area (Å²) in [6.07, 6.45) is -3.24. The van der Waals surface area contributed by atoms with Crippen molar-refractivity contribution in [2.75, 3.05) is 5.32 Å². The van der Waals surface area contributed by atoms with Crippen molar-refractivity contribution < 1.29 is 18.0 Å². The SMILES string of the molecule is Cc1ccc(-n2c(=O)c3cccnc3n2CC(=O)Nc2ccc(Cl)cc2C(F)(F)F)cc1C. The van der Waals surface area contributed by atoms with E-state index in [1.807, 2.05) is 19.9 Å². The Hall–Kier alpha value is -3.59. The second kappa shape index (κ2) is 8.40. The minimum absolute atomic E-state index is 0.107. The van der Waals surface area contributed by atoms with E-state index in [0.717, 1.165) is 23.3 Å². The molecule has 0 aliphatic rings. The van der Waals surface area contributed by atoms with Crippen molar-refractivity contribution in [1.82, 2.24) is 14.3 Å². The molecule has 0 aliphatic heterocycles. The van der Waals surface area contributed by atoms with Gasteiger partial charge < -0.3 is 5.32 Å². The number of anilines is 1. The molecule has 2 heterocycles. The van der Waals surface area contributed by atoms with Crippen LogP contribution in [0.5, 0.6) is 0 Å². The summed E-state index contributed by atoms with van der Waals surface area (Å²) >= 11 is 5.71. The lowest BCUT2D eigenvalue weighted by Crippen LogP contribution is -2.27. The van der Waals surface area contributed by atoms with Gasteiger partial charge in [0.1, 0.15) is 6.54 Å². The number of halogens is 4. The summed E-state index contributed by atoms with van der Waals surface area (Å²) in [5.74, 6) is -0.761. The van der Waals surface area contributed by atoms with E-state index < -0.39 is 35.4 Å². The fourth-order valence-electron chi connectivity index (χ4n) is 3.53. The molecular formula is C23H18ClF3N4O2. The van der Waals surface area contributed by atoms with E-state index in [1.165, 1.54) is 21.6 Å². The van der Waals surface area contributed by atoms with E-state index >= 15 is 0 Å². The van der Waals surface area contributed by atoms with Gasteiger partial charge in [0.05, 0.1) is 22.3 Å². The number of carbonyl (C=O) groups is 1. The summed E-state index contributed by atoms with van der Waals surface area (Å²) in [7, 11) is 0. The Morgan fingerprint density at radius 3 is 2.55 bits per heavy atom. The number of fused-ring (bicyclic) bond motifs is 1. The predicted octanol–water partition coefficient (Wildman–Crippen LogP) is 5.11. The highest BCUT2D eigenvalue weighted by Crippen LogP contribution is 2.36. The second-order valence-corrected chi connectivity index (χ2v) is 7.99. The molecule has 4 rings (SSSR count). The lowest BCUT2D eigenvalue weighted by molar-refractivity contribution is -0.137. The van der Waals surface area contributed by atoms with E-state index in [1.54, 1.807) is 24.3 Å². The third kappa shape index (κ3) is 4.36. The van der Waals surface area contributed by atoms with E-state index in [0.29, 0.717) is 5.69 Å². The highest BCUT2D eigenvalue weighted by atomic mass is 35.5. The number of alkyl halides is 3. The quantitative estimate of drug-likeness (QED) is 0.446. The number of benzene rings is 2. The molecule has 2 aromatic heterocycles. The molecule has 2 aromatic carbocycles. The van der Waals surface area contributed by atoms with Gasteiger partial charge in [0.2, 0.25) is 5.91 Å². The monoisotopic (exact) mass is 474 g/mol. The van der Waals surface area contributed by atoms with Gasteiger partial charge in [-0.3, -0.25) is 14.3 Å². The molecular weight excluding hydrogens is 457 g/mol. The van der Waals surface area contributed by atoms with Crippen molar-refractivity contribution in [3.8, 4) is 5.69 Å². The summed E-state index contributed by atoms with van der Waals surface area (Å²) in [6, 6.07) is 11.6. The van der Waals surface area contributed by atoms with E-state index in [4.69, 9.17) is 11.6 Å². The molecule has 0 bridgehead atoms. The van der Waals surface area contributed by atoms with Crippen LogP contribution in [0.3, 0.4) is 0 Å². The number of carbonyl (C=O) groups excluding carboxylic acids is 1. The summed E-state index contributed by atoms with van der Waals surface area (Å²) in [4.78, 5) is 30.2. The Kier molecular flexibility index (Phi) is 5.75. The van der Waals surface area contributed by atoms with Gasteiger partial charge in [-0.25, -0.2) is 9.67 Å². The summed E-state index contributed by atoms with van der Waals surface area (Å²) in [6.45, 7) is 3.38. The van der Waals surface area contributed by atoms with Crippen LogP contribution >= 0.6 is 11.6 Å². The molecule has 0 atom stereocenters. The van der Waals surface area contributed by atoms with Gasteiger partial charge in [0, 0.05) is 11.2 Å². The normalized spacial score (nSPS) is 11.7. The zero-order valence-corrected chi connectivity index (χ0v) is 18.3. The number of nitrogens with one attached hydrogen (secondary N) is 1. The largest absolute Gasteiger partial charge is 0.418 e. The first-order valence-electron chi connectivity index (χ1n) is 9.87. The standard InChI is InChI=1S/C23H18ClF3N4O2/c1-13-5-7-16(10-14(13)2)31-22(33)17-4-3-9-28-21(17)30(31)12-20(32)29-19-8-6-15(24)11-18(19)23(25,26)27/h3-11H,12H2,1-2H3,(H,29,32). The molecule has 0 unspecified atom stereocenters. The number of nitrogens with zero attached hydrogens (tertiary/aromatic N) is 3. The van der Waals surface area contributed by atoms with Crippen LogP contribution in [-0.4, -0.2) is 20.3 Å². The third-order valence-electron chi connectivity index (χ3n) is 5.28. The average molecular weight is 475 g/mol. The molecule has 0 saturated heterocycles. The summed E-state index contributed by atoms with van der Waals surface area (Å²) < 4.78 is 42.9. The highest BCUT2D eigenvalue weighted by Gasteiger charge is 2.34. The van der Waals surface area contributed by atoms with Gasteiger partial charge in [-0.05, 0) is 67.4 Å². The Morgan fingerprint density at radius 2 is 1.85 bits per heavy atom. The maximum Gasteiger partial charge on any atom is 0.418 e. The van der Waals surface area contributed by atoms with E-state index in [9.17, 15) is 22.8 Å². The van der Waals surface area contributed by atoms with Crippen LogP contribution in [0.1, 0.15) is 16.7 Å². The molecule has 33 heavy (non-hydrogen) atoms. The van der Waals surface area contributed by atoms with Gasteiger partial charge >= 0.3 is 6.18 Å². The van der Waals surface area contributed by atoms with Crippen molar-refractivity contribution >= 4 is 34.2 Å². The first kappa shape index (κ1) is 22.6. The molecule has 4 aromatic rings. The van der Waals surface area contributed by atoms with Gasteiger partial charge in [-0.1, -0.05) is 17.7 Å². The van der Waals surface area contributed by atoms with Crippen molar-refractivity contribution in [2.45, 2.75) is 26.6 Å². The third-order valence-corrected chi connectivity index (χ3v) is 5.52. The molecule has 0 radical (unpaired) electrons. The topological polar surface area (TPSA) is 68.9 Å². The zero-order chi connectivity index (χ0) is 23.9. The minimum Gasteiger partial charge on any atom is -0.324 e. The van der Waals surface area contributed by atoms with Gasteiger partial charge in [-0.2, -0.15) is 13.2 Å². The van der Waals surface area contributed by atoms with Crippen LogP contribution in [0.15, 0.2) is 59.5 Å². The lowest BCUT2D eigenvalue weighted by atomic mass is 10.1. The maximum atomic E-state index is 13.4. The molecule has 1 amide bonds. The van der Waals surface area contributed by atoms with Crippen LogP contribution in [0.25, 0.3) is 16.7 Å². The van der Waals surface area contributed by atoms with Crippen molar-refractivity contribution in [2.24, 2.45) is 0 Å². The highest BCUT2D eigenvalue weighted by molar-refractivity contribution is 6.30. The first-order valence-corrected chi connectivity index (χ1v) is 10.2. The van der Waals surface area contributed by atoms with Crippen molar-refractivity contribution in [3.05, 3.63) is 86.8 Å². The molecule has 0 saturated carbocycles. The number of rotatable bonds is 4. The fraction of sp³-hybridized carbons (Fsp3) is 0.174. The number of hydrogen-bond donors (Lipinski definition) is 1. The molecule has 10 heteroatoms. The van der Waals surface area contributed by atoms with Crippen LogP contribution in [0, 0.1) is 13.8 Å². The Balaban J connectivity index is 1.78. The fourth-order valence-corrected chi connectivity index (χ4v) is 3.71. The molecule has 0 spiro atoms. The zero-order valence-electron chi connectivity index (χ0n) is 17.6. The molecule has 170 valence electrons.